The van der Waals surface area contributed by atoms with Crippen molar-refractivity contribution < 1.29 is 4.74 Å². The molecule has 4 heteroatoms. The molecule has 16 heavy (non-hydrogen) atoms. The largest absolute Gasteiger partial charge is 0.497 e. The molecule has 1 N–H and O–H groups in total. The molecule has 0 spiro atoms. The summed E-state index contributed by atoms with van der Waals surface area (Å²) in [4.78, 5) is 1.34. The summed E-state index contributed by atoms with van der Waals surface area (Å²) in [7, 11) is 0. The van der Waals surface area contributed by atoms with Crippen LogP contribution in [0.1, 0.15) is 17.7 Å². The van der Waals surface area contributed by atoms with Gasteiger partial charge in [-0.15, -0.1) is 11.3 Å². The fourth-order valence-electron chi connectivity index (χ4n) is 1.70. The third-order valence-corrected chi connectivity index (χ3v) is 3.86. The van der Waals surface area contributed by atoms with Crippen molar-refractivity contribution in [1.82, 2.24) is 5.32 Å². The van der Waals surface area contributed by atoms with Crippen molar-refractivity contribution in [3.63, 3.8) is 0 Å². The van der Waals surface area contributed by atoms with Crippen molar-refractivity contribution in [3.8, 4) is 0 Å². The molecule has 1 aromatic rings. The molecule has 0 aliphatic carbocycles. The van der Waals surface area contributed by atoms with E-state index in [4.69, 9.17) is 16.3 Å². The molecule has 0 saturated carbocycles. The summed E-state index contributed by atoms with van der Waals surface area (Å²) in [6.45, 7) is 1.92. The monoisotopic (exact) mass is 257 g/mol. The van der Waals surface area contributed by atoms with Crippen LogP contribution in [0.5, 0.6) is 0 Å². The van der Waals surface area contributed by atoms with Crippen LogP contribution in [0.25, 0.3) is 0 Å². The van der Waals surface area contributed by atoms with E-state index in [0.717, 1.165) is 36.7 Å². The molecule has 0 fully saturated rings. The summed E-state index contributed by atoms with van der Waals surface area (Å²) < 4.78 is 6.34. The number of nitrogens with one attached hydrogen (secondary N) is 1. The second-order valence-corrected chi connectivity index (χ2v) is 5.67. The maximum Gasteiger partial charge on any atom is 0.110 e. The van der Waals surface area contributed by atoms with Crippen molar-refractivity contribution >= 4 is 22.9 Å². The molecule has 88 valence electrons. The van der Waals surface area contributed by atoms with E-state index in [0.29, 0.717) is 6.10 Å². The molecule has 1 unspecified atom stereocenters. The van der Waals surface area contributed by atoms with Crippen LogP contribution in [0.15, 0.2) is 24.5 Å². The minimum absolute atomic E-state index is 0.344. The summed E-state index contributed by atoms with van der Waals surface area (Å²) in [6.07, 6.45) is 7.53. The van der Waals surface area contributed by atoms with Gasteiger partial charge in [-0.05, 0) is 37.5 Å². The molecule has 1 aliphatic heterocycles. The molecule has 1 aromatic heterocycles. The van der Waals surface area contributed by atoms with Crippen molar-refractivity contribution in [3.05, 3.63) is 33.7 Å². The summed E-state index contributed by atoms with van der Waals surface area (Å²) in [6, 6.07) is 4.05. The Labute approximate surface area is 105 Å². The lowest BCUT2D eigenvalue weighted by Crippen LogP contribution is -2.30. The first-order valence-electron chi connectivity index (χ1n) is 5.60. The van der Waals surface area contributed by atoms with Gasteiger partial charge in [-0.25, -0.2) is 0 Å². The average Bonchev–Trinajstić information content (AvgIpc) is 2.72. The minimum Gasteiger partial charge on any atom is -0.497 e. The SMILES string of the molecule is Clc1ccc(CCNCC2CCC=CO2)s1. The molecule has 1 aliphatic rings. The Hall–Kier alpha value is -0.510. The number of hydrogen-bond donors (Lipinski definition) is 1. The highest BCUT2D eigenvalue weighted by Crippen LogP contribution is 2.21. The number of thiophene rings is 1. The van der Waals surface area contributed by atoms with Crippen LogP contribution in [0.3, 0.4) is 0 Å². The van der Waals surface area contributed by atoms with Crippen LogP contribution in [-0.4, -0.2) is 19.2 Å². The van der Waals surface area contributed by atoms with Gasteiger partial charge in [0.1, 0.15) is 6.10 Å². The number of halogens is 1. The zero-order valence-electron chi connectivity index (χ0n) is 9.12. The van der Waals surface area contributed by atoms with Crippen LogP contribution in [0, 0.1) is 0 Å². The maximum atomic E-state index is 5.87. The Morgan fingerprint density at radius 3 is 3.12 bits per heavy atom. The molecular weight excluding hydrogens is 242 g/mol. The van der Waals surface area contributed by atoms with Gasteiger partial charge in [0.2, 0.25) is 0 Å². The topological polar surface area (TPSA) is 21.3 Å². The molecular formula is C12H16ClNOS. The van der Waals surface area contributed by atoms with Gasteiger partial charge in [-0.1, -0.05) is 11.6 Å². The summed E-state index contributed by atoms with van der Waals surface area (Å²) in [5.41, 5.74) is 0. The van der Waals surface area contributed by atoms with Crippen LogP contribution in [0.4, 0.5) is 0 Å². The Balaban J connectivity index is 1.59. The van der Waals surface area contributed by atoms with Crippen LogP contribution in [-0.2, 0) is 11.2 Å². The maximum absolute atomic E-state index is 5.87. The van der Waals surface area contributed by atoms with Gasteiger partial charge in [0.05, 0.1) is 10.6 Å². The first-order valence-corrected chi connectivity index (χ1v) is 6.79. The molecule has 2 rings (SSSR count). The molecule has 1 atom stereocenters. The average molecular weight is 258 g/mol. The van der Waals surface area contributed by atoms with E-state index in [-0.39, 0.29) is 0 Å². The van der Waals surface area contributed by atoms with Crippen molar-refractivity contribution in [1.29, 1.82) is 0 Å². The van der Waals surface area contributed by atoms with Crippen LogP contribution >= 0.6 is 22.9 Å². The number of hydrogen-bond acceptors (Lipinski definition) is 3. The Morgan fingerprint density at radius 1 is 1.50 bits per heavy atom. The third-order valence-electron chi connectivity index (χ3n) is 2.57. The molecule has 0 bridgehead atoms. The zero-order valence-corrected chi connectivity index (χ0v) is 10.7. The number of rotatable bonds is 5. The first-order chi connectivity index (χ1) is 7.84. The van der Waals surface area contributed by atoms with Gasteiger partial charge in [0, 0.05) is 18.0 Å². The van der Waals surface area contributed by atoms with Crippen molar-refractivity contribution in [2.24, 2.45) is 0 Å². The molecule has 2 nitrogen and oxygen atoms in total. The van der Waals surface area contributed by atoms with E-state index < -0.39 is 0 Å². The van der Waals surface area contributed by atoms with Gasteiger partial charge in [0.15, 0.2) is 0 Å². The van der Waals surface area contributed by atoms with E-state index in [2.05, 4.69) is 17.5 Å². The predicted molar refractivity (Wildman–Crippen MR) is 69.1 cm³/mol. The molecule has 0 saturated heterocycles. The second-order valence-electron chi connectivity index (χ2n) is 3.87. The highest BCUT2D eigenvalue weighted by Gasteiger charge is 2.09. The third kappa shape index (κ3) is 3.81. The Morgan fingerprint density at radius 2 is 2.44 bits per heavy atom. The first kappa shape index (κ1) is 12.0. The fourth-order valence-corrected chi connectivity index (χ4v) is 2.78. The van der Waals surface area contributed by atoms with E-state index in [1.165, 1.54) is 4.88 Å². The number of ether oxygens (including phenoxy) is 1. The summed E-state index contributed by atoms with van der Waals surface area (Å²) >= 11 is 7.52. The molecule has 0 amide bonds. The van der Waals surface area contributed by atoms with Crippen molar-refractivity contribution in [2.75, 3.05) is 13.1 Å². The molecule has 0 radical (unpaired) electrons. The molecule has 2 heterocycles. The van der Waals surface area contributed by atoms with Crippen LogP contribution < -0.4 is 5.32 Å². The smallest absolute Gasteiger partial charge is 0.110 e. The lowest BCUT2D eigenvalue weighted by atomic mass is 10.1. The van der Waals surface area contributed by atoms with Gasteiger partial charge >= 0.3 is 0 Å². The van der Waals surface area contributed by atoms with Gasteiger partial charge in [0.25, 0.3) is 0 Å². The van der Waals surface area contributed by atoms with E-state index in [1.807, 2.05) is 12.3 Å². The van der Waals surface area contributed by atoms with Gasteiger partial charge in [-0.2, -0.15) is 0 Å². The lowest BCUT2D eigenvalue weighted by molar-refractivity contribution is 0.123. The highest BCUT2D eigenvalue weighted by molar-refractivity contribution is 7.16. The van der Waals surface area contributed by atoms with E-state index >= 15 is 0 Å². The Kier molecular flexibility index (Phi) is 4.69. The highest BCUT2D eigenvalue weighted by atomic mass is 35.5. The zero-order chi connectivity index (χ0) is 11.2. The van der Waals surface area contributed by atoms with E-state index in [9.17, 15) is 0 Å². The normalized spacial score (nSPS) is 19.7. The van der Waals surface area contributed by atoms with E-state index in [1.54, 1.807) is 11.3 Å². The minimum atomic E-state index is 0.344. The Bertz CT molecular complexity index is 351. The van der Waals surface area contributed by atoms with Crippen molar-refractivity contribution in [2.45, 2.75) is 25.4 Å². The van der Waals surface area contributed by atoms with Gasteiger partial charge < -0.3 is 10.1 Å². The summed E-state index contributed by atoms with van der Waals surface area (Å²) in [5.74, 6) is 0. The fraction of sp³-hybridized carbons (Fsp3) is 0.500. The lowest BCUT2D eigenvalue weighted by Gasteiger charge is -2.19. The second kappa shape index (κ2) is 6.28. The molecule has 0 aromatic carbocycles. The standard InChI is InChI=1S/C12H16ClNOS/c13-12-5-4-11(16-12)6-7-14-9-10-3-1-2-8-15-10/h2,4-5,8,10,14H,1,3,6-7,9H2. The predicted octanol–water partition coefficient (Wildman–Crippen LogP) is 3.23. The summed E-state index contributed by atoms with van der Waals surface area (Å²) in [5, 5.41) is 3.42. The van der Waals surface area contributed by atoms with Gasteiger partial charge in [-0.3, -0.25) is 0 Å². The quantitative estimate of drug-likeness (QED) is 0.818. The van der Waals surface area contributed by atoms with Crippen LogP contribution in [0.2, 0.25) is 4.34 Å². The number of allylic oxidation sites excluding steroid dienone is 1.